The first-order valence-electron chi connectivity index (χ1n) is 14.9. The van der Waals surface area contributed by atoms with Crippen molar-refractivity contribution in [3.05, 3.63) is 108 Å². The molecule has 0 saturated carbocycles. The predicted molar refractivity (Wildman–Crippen MR) is 181 cm³/mol. The van der Waals surface area contributed by atoms with E-state index in [1.807, 2.05) is 35.0 Å². The van der Waals surface area contributed by atoms with Crippen LogP contribution in [0.4, 0.5) is 23.3 Å². The van der Waals surface area contributed by atoms with Gasteiger partial charge in [-0.05, 0) is 38.1 Å². The number of hydrogen-bond donors (Lipinski definition) is 5. The minimum Gasteiger partial charge on any atom is -0.399 e. The lowest BCUT2D eigenvalue weighted by Crippen LogP contribution is -2.17. The summed E-state index contributed by atoms with van der Waals surface area (Å²) < 4.78 is 3.58. The number of nitrogens with one attached hydrogen (secondary N) is 2. The highest BCUT2D eigenvalue weighted by atomic mass is 16.6. The third-order valence-corrected chi connectivity index (χ3v) is 6.63. The molecule has 0 aliphatic heterocycles. The van der Waals surface area contributed by atoms with Crippen molar-refractivity contribution in [2.24, 2.45) is 0 Å². The third kappa shape index (κ3) is 8.51. The Balaban J connectivity index is 0.000000188. The lowest BCUT2D eigenvalue weighted by atomic mass is 10.2. The van der Waals surface area contributed by atoms with E-state index >= 15 is 0 Å². The zero-order chi connectivity index (χ0) is 34.0. The standard InChI is InChI=1S/C16H16N6O3.C16H18N6O/c1-11(23)10-19-16-18-6-5-14(20-16)21-8-7-17-15(21)12-3-2-4-13(9-12)22(24)25;1-11(23)10-20-16-19-6-5-14(21-16)22-8-7-18-15(22)12-3-2-4-13(17)9-12/h2-9,11,23H,10H2,1H3,(H,18,19,20);2-9,11,23H,10,17H2,1H3,(H,19,20,21)/t2*11-/m00/s1. The van der Waals surface area contributed by atoms with Crippen LogP contribution in [0.15, 0.2) is 97.8 Å². The van der Waals surface area contributed by atoms with Crippen LogP contribution in [0.1, 0.15) is 13.8 Å². The molecule has 0 spiro atoms. The molecule has 0 saturated heterocycles. The maximum atomic E-state index is 11.0. The molecule has 2 atom stereocenters. The second kappa shape index (κ2) is 15.4. The number of rotatable bonds is 11. The summed E-state index contributed by atoms with van der Waals surface area (Å²) in [6.07, 6.45) is 9.11. The smallest absolute Gasteiger partial charge is 0.270 e. The van der Waals surface area contributed by atoms with Crippen LogP contribution in [0.25, 0.3) is 34.4 Å². The Kier molecular flexibility index (Phi) is 10.6. The normalized spacial score (nSPS) is 12.0. The zero-order valence-corrected chi connectivity index (χ0v) is 26.1. The number of imidazole rings is 2. The fourth-order valence-electron chi connectivity index (χ4n) is 4.46. The summed E-state index contributed by atoms with van der Waals surface area (Å²) >= 11 is 0. The molecule has 6 rings (SSSR count). The molecule has 0 bridgehead atoms. The van der Waals surface area contributed by atoms with E-state index in [0.717, 1.165) is 11.4 Å². The molecule has 48 heavy (non-hydrogen) atoms. The second-order valence-electron chi connectivity index (χ2n) is 10.6. The van der Waals surface area contributed by atoms with Gasteiger partial charge in [0.2, 0.25) is 11.9 Å². The molecule has 0 unspecified atom stereocenters. The van der Waals surface area contributed by atoms with Gasteiger partial charge in [-0.1, -0.05) is 24.3 Å². The minimum atomic E-state index is -0.527. The van der Waals surface area contributed by atoms with Gasteiger partial charge in [-0.2, -0.15) is 9.97 Å². The Bertz CT molecular complexity index is 1970. The summed E-state index contributed by atoms with van der Waals surface area (Å²) in [5.41, 5.74) is 8.04. The number of nitro benzene ring substituents is 1. The monoisotopic (exact) mass is 650 g/mol. The number of nitrogens with two attached hydrogens (primary N) is 1. The van der Waals surface area contributed by atoms with E-state index in [9.17, 15) is 20.3 Å². The molecule has 16 heteroatoms. The Morgan fingerprint density at radius 3 is 1.73 bits per heavy atom. The Labute approximate surface area is 275 Å². The Morgan fingerprint density at radius 2 is 1.25 bits per heavy atom. The number of nitro groups is 1. The summed E-state index contributed by atoms with van der Waals surface area (Å²) in [7, 11) is 0. The summed E-state index contributed by atoms with van der Waals surface area (Å²) in [6.45, 7) is 4.07. The maximum Gasteiger partial charge on any atom is 0.270 e. The third-order valence-electron chi connectivity index (χ3n) is 6.63. The molecule has 6 N–H and O–H groups in total. The number of hydrogen-bond acceptors (Lipinski definition) is 13. The first-order chi connectivity index (χ1) is 23.2. The highest BCUT2D eigenvalue weighted by Gasteiger charge is 2.14. The molecular formula is C32H34N12O4. The van der Waals surface area contributed by atoms with Crippen LogP contribution in [0, 0.1) is 10.1 Å². The summed E-state index contributed by atoms with van der Waals surface area (Å²) in [4.78, 5) is 36.3. The number of benzene rings is 2. The molecule has 0 aliphatic carbocycles. The fourth-order valence-corrected chi connectivity index (χ4v) is 4.46. The second-order valence-corrected chi connectivity index (χ2v) is 10.6. The van der Waals surface area contributed by atoms with E-state index in [2.05, 4.69) is 40.5 Å². The molecule has 6 aromatic rings. The minimum absolute atomic E-state index is 0.00553. The van der Waals surface area contributed by atoms with E-state index in [0.29, 0.717) is 53.7 Å². The van der Waals surface area contributed by atoms with Crippen molar-refractivity contribution in [1.29, 1.82) is 0 Å². The van der Waals surface area contributed by atoms with Crippen LogP contribution < -0.4 is 16.4 Å². The average molecular weight is 651 g/mol. The van der Waals surface area contributed by atoms with Crippen LogP contribution in [0.5, 0.6) is 0 Å². The topological polar surface area (TPSA) is 221 Å². The number of aromatic nitrogens is 8. The molecule has 0 radical (unpaired) electrons. The average Bonchev–Trinajstić information content (AvgIpc) is 3.78. The molecule has 16 nitrogen and oxygen atoms in total. The molecule has 0 aliphatic rings. The number of anilines is 3. The van der Waals surface area contributed by atoms with Gasteiger partial charge in [0.1, 0.15) is 23.3 Å². The summed E-state index contributed by atoms with van der Waals surface area (Å²) in [5, 5.41) is 35.6. The van der Waals surface area contributed by atoms with Crippen molar-refractivity contribution in [2.45, 2.75) is 26.1 Å². The van der Waals surface area contributed by atoms with Crippen LogP contribution in [-0.4, -0.2) is 79.5 Å². The fraction of sp³-hybridized carbons (Fsp3) is 0.188. The number of aliphatic hydroxyl groups excluding tert-OH is 2. The quantitative estimate of drug-likeness (QED) is 0.0767. The zero-order valence-electron chi connectivity index (χ0n) is 26.1. The molecule has 4 aromatic heterocycles. The Morgan fingerprint density at radius 1 is 0.750 bits per heavy atom. The largest absolute Gasteiger partial charge is 0.399 e. The predicted octanol–water partition coefficient (Wildman–Crippen LogP) is 3.73. The van der Waals surface area contributed by atoms with Gasteiger partial charge in [0.05, 0.1) is 17.1 Å². The first kappa shape index (κ1) is 33.1. The van der Waals surface area contributed by atoms with E-state index in [-0.39, 0.29) is 5.69 Å². The van der Waals surface area contributed by atoms with Crippen LogP contribution in [0.2, 0.25) is 0 Å². The van der Waals surface area contributed by atoms with Crippen molar-refractivity contribution in [3.8, 4) is 34.4 Å². The SMILES string of the molecule is C[C@H](O)CNc1nccc(-n2ccnc2-c2cccc(N)c2)n1.C[C@H](O)CNc1nccc(-n2ccnc2-c2cccc([N+](=O)[O-])c2)n1. The molecule has 2 aromatic carbocycles. The highest BCUT2D eigenvalue weighted by molar-refractivity contribution is 5.63. The lowest BCUT2D eigenvalue weighted by molar-refractivity contribution is -0.384. The van der Waals surface area contributed by atoms with Gasteiger partial charge in [-0.25, -0.2) is 19.9 Å². The highest BCUT2D eigenvalue weighted by Crippen LogP contribution is 2.25. The van der Waals surface area contributed by atoms with E-state index < -0.39 is 17.1 Å². The van der Waals surface area contributed by atoms with Crippen molar-refractivity contribution in [2.75, 3.05) is 29.5 Å². The maximum absolute atomic E-state index is 11.0. The van der Waals surface area contributed by atoms with Crippen molar-refractivity contribution < 1.29 is 15.1 Å². The van der Waals surface area contributed by atoms with Crippen molar-refractivity contribution in [3.63, 3.8) is 0 Å². The van der Waals surface area contributed by atoms with Gasteiger partial charge in [-0.15, -0.1) is 0 Å². The number of aliphatic hydroxyl groups is 2. The van der Waals surface area contributed by atoms with Crippen molar-refractivity contribution in [1.82, 2.24) is 39.0 Å². The van der Waals surface area contributed by atoms with Gasteiger partial charge in [0.15, 0.2) is 0 Å². The van der Waals surface area contributed by atoms with Gasteiger partial charge in [0, 0.05) is 79.2 Å². The van der Waals surface area contributed by atoms with Crippen LogP contribution in [-0.2, 0) is 0 Å². The van der Waals surface area contributed by atoms with E-state index in [4.69, 9.17) is 5.73 Å². The Hall–Kier alpha value is -6.26. The van der Waals surface area contributed by atoms with Gasteiger partial charge >= 0.3 is 0 Å². The number of non-ortho nitro benzene ring substituents is 1. The molecular weight excluding hydrogens is 616 g/mol. The van der Waals surface area contributed by atoms with Gasteiger partial charge in [0.25, 0.3) is 5.69 Å². The summed E-state index contributed by atoms with van der Waals surface area (Å²) in [5.74, 6) is 3.35. The van der Waals surface area contributed by atoms with Crippen LogP contribution >= 0.6 is 0 Å². The lowest BCUT2D eigenvalue weighted by Gasteiger charge is -2.10. The van der Waals surface area contributed by atoms with Crippen molar-refractivity contribution >= 4 is 23.3 Å². The van der Waals surface area contributed by atoms with E-state index in [1.165, 1.54) is 12.1 Å². The molecule has 0 fully saturated rings. The summed E-state index contributed by atoms with van der Waals surface area (Å²) in [6, 6.07) is 17.3. The molecule has 0 amide bonds. The number of nitrogen functional groups attached to an aromatic ring is 1. The first-order valence-corrected chi connectivity index (χ1v) is 14.9. The number of nitrogens with zero attached hydrogens (tertiary/aromatic N) is 9. The molecule has 246 valence electrons. The van der Waals surface area contributed by atoms with Gasteiger partial charge in [-0.3, -0.25) is 19.2 Å². The molecule has 4 heterocycles. The van der Waals surface area contributed by atoms with Gasteiger partial charge < -0.3 is 26.6 Å². The van der Waals surface area contributed by atoms with Crippen LogP contribution in [0.3, 0.4) is 0 Å². The van der Waals surface area contributed by atoms with E-state index in [1.54, 1.807) is 73.7 Å².